The quantitative estimate of drug-likeness (QED) is 0.629. The first-order valence-electron chi connectivity index (χ1n) is 7.10. The number of likely N-dealkylation sites (N-methyl/N-ethyl adjacent to an activating group) is 1. The summed E-state index contributed by atoms with van der Waals surface area (Å²) in [6.07, 6.45) is 0.335. The summed E-state index contributed by atoms with van der Waals surface area (Å²) in [7, 11) is 0. The zero-order valence-corrected chi connectivity index (χ0v) is 12.4. The van der Waals surface area contributed by atoms with E-state index >= 15 is 0 Å². The molecule has 120 valence electrons. The molecule has 1 aliphatic rings. The lowest BCUT2D eigenvalue weighted by atomic mass is 10.2. The van der Waals surface area contributed by atoms with Crippen molar-refractivity contribution in [3.8, 4) is 0 Å². The molecule has 1 fully saturated rings. The molecule has 1 aliphatic heterocycles. The number of carbonyl (C=O) groups is 3. The van der Waals surface area contributed by atoms with Gasteiger partial charge in [-0.25, -0.2) is 4.79 Å². The number of morpholine rings is 1. The van der Waals surface area contributed by atoms with Crippen LogP contribution in [0.5, 0.6) is 0 Å². The monoisotopic (exact) mass is 301 g/mol. The first kappa shape index (κ1) is 17.2. The van der Waals surface area contributed by atoms with Gasteiger partial charge in [0.25, 0.3) is 0 Å². The Kier molecular flexibility index (Phi) is 6.93. The zero-order chi connectivity index (χ0) is 15.8. The van der Waals surface area contributed by atoms with E-state index in [-0.39, 0.29) is 31.0 Å². The van der Waals surface area contributed by atoms with Crippen LogP contribution in [-0.2, 0) is 14.3 Å². The number of aliphatic carboxylic acids is 1. The Hall–Kier alpha value is -1.83. The molecule has 0 aliphatic carbocycles. The van der Waals surface area contributed by atoms with Gasteiger partial charge in [0.15, 0.2) is 0 Å². The fraction of sp³-hybridized carbons (Fsp3) is 0.769. The van der Waals surface area contributed by atoms with Crippen molar-refractivity contribution in [2.45, 2.75) is 38.8 Å². The van der Waals surface area contributed by atoms with Crippen LogP contribution in [0, 0.1) is 0 Å². The van der Waals surface area contributed by atoms with Crippen molar-refractivity contribution in [1.82, 2.24) is 15.5 Å². The lowest BCUT2D eigenvalue weighted by Gasteiger charge is -2.35. The molecule has 2 unspecified atom stereocenters. The van der Waals surface area contributed by atoms with Crippen LogP contribution >= 0.6 is 0 Å². The van der Waals surface area contributed by atoms with Gasteiger partial charge in [-0.1, -0.05) is 0 Å². The molecule has 1 rings (SSSR count). The summed E-state index contributed by atoms with van der Waals surface area (Å²) in [6.45, 7) is 4.91. The van der Waals surface area contributed by atoms with E-state index < -0.39 is 12.0 Å². The highest BCUT2D eigenvalue weighted by molar-refractivity contribution is 5.87. The number of carboxylic acids is 1. The predicted octanol–water partition coefficient (Wildman–Crippen LogP) is -0.214. The molecule has 1 saturated heterocycles. The maximum absolute atomic E-state index is 12.2. The second-order valence-corrected chi connectivity index (χ2v) is 4.96. The van der Waals surface area contributed by atoms with E-state index in [1.807, 2.05) is 0 Å². The molecular formula is C13H23N3O5. The smallest absolute Gasteiger partial charge is 0.318 e. The number of nitrogens with one attached hydrogen (secondary N) is 2. The summed E-state index contributed by atoms with van der Waals surface area (Å²) in [5.41, 5.74) is 0. The van der Waals surface area contributed by atoms with E-state index in [1.54, 1.807) is 13.8 Å². The van der Waals surface area contributed by atoms with Gasteiger partial charge < -0.3 is 25.4 Å². The largest absolute Gasteiger partial charge is 0.481 e. The Labute approximate surface area is 123 Å². The Balaban J connectivity index is 2.56. The molecule has 1 heterocycles. The van der Waals surface area contributed by atoms with Crippen LogP contribution in [0.25, 0.3) is 0 Å². The highest BCUT2D eigenvalue weighted by Crippen LogP contribution is 2.08. The Morgan fingerprint density at radius 2 is 2.14 bits per heavy atom. The highest BCUT2D eigenvalue weighted by atomic mass is 16.5. The predicted molar refractivity (Wildman–Crippen MR) is 74.9 cm³/mol. The summed E-state index contributed by atoms with van der Waals surface area (Å²) < 4.78 is 5.25. The molecule has 0 aromatic heterocycles. The van der Waals surface area contributed by atoms with Crippen LogP contribution in [0.1, 0.15) is 26.7 Å². The molecule has 2 atom stereocenters. The van der Waals surface area contributed by atoms with Crippen molar-refractivity contribution in [2.24, 2.45) is 0 Å². The van der Waals surface area contributed by atoms with Crippen LogP contribution in [0.3, 0.4) is 0 Å². The molecule has 3 amide bonds. The number of ether oxygens (including phenoxy) is 1. The van der Waals surface area contributed by atoms with E-state index in [9.17, 15) is 14.4 Å². The molecule has 0 spiro atoms. The summed E-state index contributed by atoms with van der Waals surface area (Å²) in [6, 6.07) is -1.29. The second-order valence-electron chi connectivity index (χ2n) is 4.96. The second kappa shape index (κ2) is 8.46. The molecule has 8 heteroatoms. The van der Waals surface area contributed by atoms with Crippen LogP contribution in [0.15, 0.2) is 0 Å². The van der Waals surface area contributed by atoms with Crippen LogP contribution in [-0.4, -0.2) is 66.3 Å². The molecule has 0 bridgehead atoms. The number of nitrogens with zero attached hydrogens (tertiary/aromatic N) is 1. The number of hydrogen-bond donors (Lipinski definition) is 3. The van der Waals surface area contributed by atoms with Crippen molar-refractivity contribution in [2.75, 3.05) is 26.3 Å². The van der Waals surface area contributed by atoms with E-state index in [4.69, 9.17) is 9.84 Å². The van der Waals surface area contributed by atoms with Crippen LogP contribution in [0.2, 0.25) is 0 Å². The van der Waals surface area contributed by atoms with Gasteiger partial charge in [0.2, 0.25) is 5.91 Å². The van der Waals surface area contributed by atoms with E-state index in [0.717, 1.165) is 0 Å². The fourth-order valence-corrected chi connectivity index (χ4v) is 2.06. The van der Waals surface area contributed by atoms with Crippen molar-refractivity contribution >= 4 is 17.9 Å². The third kappa shape index (κ3) is 5.58. The van der Waals surface area contributed by atoms with Gasteiger partial charge in [0.1, 0.15) is 6.04 Å². The van der Waals surface area contributed by atoms with Gasteiger partial charge in [-0.05, 0) is 20.3 Å². The Morgan fingerprint density at radius 1 is 1.43 bits per heavy atom. The normalized spacial score (nSPS) is 19.7. The van der Waals surface area contributed by atoms with Gasteiger partial charge in [-0.3, -0.25) is 9.59 Å². The third-order valence-corrected chi connectivity index (χ3v) is 3.20. The number of rotatable bonds is 6. The molecule has 0 aromatic carbocycles. The van der Waals surface area contributed by atoms with Crippen LogP contribution in [0.4, 0.5) is 4.79 Å². The van der Waals surface area contributed by atoms with Crippen molar-refractivity contribution in [3.05, 3.63) is 0 Å². The van der Waals surface area contributed by atoms with Crippen LogP contribution < -0.4 is 10.6 Å². The van der Waals surface area contributed by atoms with Crippen molar-refractivity contribution in [3.63, 3.8) is 0 Å². The first-order chi connectivity index (χ1) is 9.95. The van der Waals surface area contributed by atoms with Gasteiger partial charge in [0, 0.05) is 25.6 Å². The lowest BCUT2D eigenvalue weighted by molar-refractivity contribution is -0.137. The zero-order valence-electron chi connectivity index (χ0n) is 12.4. The molecule has 0 aromatic rings. The molecule has 8 nitrogen and oxygen atoms in total. The number of hydrogen-bond acceptors (Lipinski definition) is 4. The van der Waals surface area contributed by atoms with E-state index in [1.165, 1.54) is 4.90 Å². The van der Waals surface area contributed by atoms with Crippen molar-refractivity contribution < 1.29 is 24.2 Å². The first-order valence-corrected chi connectivity index (χ1v) is 7.10. The minimum atomic E-state index is -0.900. The average molecular weight is 301 g/mol. The lowest BCUT2D eigenvalue weighted by Crippen LogP contribution is -2.59. The molecule has 0 saturated carbocycles. The molecule has 0 radical (unpaired) electrons. The third-order valence-electron chi connectivity index (χ3n) is 3.20. The summed E-state index contributed by atoms with van der Waals surface area (Å²) >= 11 is 0. The SMILES string of the molecule is CCNC(=O)C1COCCN1C(=O)NC(C)CCC(=O)O. The number of carbonyl (C=O) groups excluding carboxylic acids is 2. The van der Waals surface area contributed by atoms with E-state index in [0.29, 0.717) is 26.1 Å². The van der Waals surface area contributed by atoms with Gasteiger partial charge in [-0.2, -0.15) is 0 Å². The summed E-state index contributed by atoms with van der Waals surface area (Å²) in [5, 5.41) is 14.0. The standard InChI is InChI=1S/C13H23N3O5/c1-3-14-12(19)10-8-21-7-6-16(10)13(20)15-9(2)4-5-11(17)18/h9-10H,3-8H2,1-2H3,(H,14,19)(H,15,20)(H,17,18). The topological polar surface area (TPSA) is 108 Å². The number of carboxylic acid groups (broad SMARTS) is 1. The summed E-state index contributed by atoms with van der Waals surface area (Å²) in [5.74, 6) is -1.15. The van der Waals surface area contributed by atoms with Crippen molar-refractivity contribution in [1.29, 1.82) is 0 Å². The van der Waals surface area contributed by atoms with Gasteiger partial charge in [0.05, 0.1) is 13.2 Å². The number of amides is 3. The van der Waals surface area contributed by atoms with Gasteiger partial charge in [-0.15, -0.1) is 0 Å². The molecule has 3 N–H and O–H groups in total. The minimum absolute atomic E-state index is 0.00962. The summed E-state index contributed by atoms with van der Waals surface area (Å²) in [4.78, 5) is 36.1. The van der Waals surface area contributed by atoms with E-state index in [2.05, 4.69) is 10.6 Å². The Morgan fingerprint density at radius 3 is 2.76 bits per heavy atom. The fourth-order valence-electron chi connectivity index (χ4n) is 2.06. The molecule has 21 heavy (non-hydrogen) atoms. The maximum Gasteiger partial charge on any atom is 0.318 e. The molecular weight excluding hydrogens is 278 g/mol. The Bertz CT molecular complexity index is 388. The highest BCUT2D eigenvalue weighted by Gasteiger charge is 2.32. The minimum Gasteiger partial charge on any atom is -0.481 e. The average Bonchev–Trinajstić information content (AvgIpc) is 2.45. The maximum atomic E-state index is 12.2. The number of urea groups is 1. The van der Waals surface area contributed by atoms with Gasteiger partial charge >= 0.3 is 12.0 Å².